The average molecular weight is 306 g/mol. The van der Waals surface area contributed by atoms with Crippen molar-refractivity contribution in [3.05, 3.63) is 23.4 Å². The highest BCUT2D eigenvalue weighted by Crippen LogP contribution is 2.30. The Morgan fingerprint density at radius 1 is 1.43 bits per heavy atom. The van der Waals surface area contributed by atoms with E-state index in [1.807, 2.05) is 13.8 Å². The molecule has 0 aromatic carbocycles. The summed E-state index contributed by atoms with van der Waals surface area (Å²) in [7, 11) is 1.47. The molecule has 1 N–H and O–H groups in total. The van der Waals surface area contributed by atoms with E-state index in [4.69, 9.17) is 9.84 Å². The molecule has 1 heterocycles. The van der Waals surface area contributed by atoms with E-state index in [2.05, 4.69) is 4.98 Å². The molecule has 0 bridgehead atoms. The fourth-order valence-electron chi connectivity index (χ4n) is 1.60. The molecular weight excluding hydrogens is 289 g/mol. The van der Waals surface area contributed by atoms with Crippen LogP contribution in [0.1, 0.15) is 29.9 Å². The van der Waals surface area contributed by atoms with E-state index in [9.17, 15) is 18.0 Å². The van der Waals surface area contributed by atoms with Gasteiger partial charge in [-0.2, -0.15) is 13.2 Å². The number of aromatic nitrogens is 1. The number of carbonyl (C=O) groups is 1. The summed E-state index contributed by atoms with van der Waals surface area (Å²) in [5, 5.41) is 9.04. The fourth-order valence-corrected chi connectivity index (χ4v) is 1.60. The third-order valence-corrected chi connectivity index (χ3v) is 2.64. The lowest BCUT2D eigenvalue weighted by molar-refractivity contribution is -0.141. The fraction of sp³-hybridized carbons (Fsp3) is 0.538. The first-order chi connectivity index (χ1) is 9.62. The van der Waals surface area contributed by atoms with Crippen LogP contribution < -0.4 is 4.90 Å². The highest BCUT2D eigenvalue weighted by Gasteiger charge is 2.34. The largest absolute Gasteiger partial charge is 0.478 e. The molecular formula is C13H17F3N2O3. The number of hydrogen-bond acceptors (Lipinski definition) is 4. The van der Waals surface area contributed by atoms with Crippen LogP contribution in [0.3, 0.4) is 0 Å². The highest BCUT2D eigenvalue weighted by atomic mass is 19.4. The second kappa shape index (κ2) is 6.75. The van der Waals surface area contributed by atoms with Crippen LogP contribution in [0.5, 0.6) is 0 Å². The summed E-state index contributed by atoms with van der Waals surface area (Å²) < 4.78 is 43.3. The molecule has 21 heavy (non-hydrogen) atoms. The quantitative estimate of drug-likeness (QED) is 0.875. The Morgan fingerprint density at radius 2 is 2.05 bits per heavy atom. The van der Waals surface area contributed by atoms with E-state index in [1.165, 1.54) is 11.9 Å². The number of likely N-dealkylation sites (N-methyl/N-ethyl adjacent to an activating group) is 1. The molecule has 5 nitrogen and oxygen atoms in total. The number of nitrogens with zero attached hydrogens (tertiary/aromatic N) is 2. The lowest BCUT2D eigenvalue weighted by Gasteiger charge is -2.21. The topological polar surface area (TPSA) is 62.7 Å². The molecule has 1 aromatic heterocycles. The minimum atomic E-state index is -4.62. The minimum Gasteiger partial charge on any atom is -0.478 e. The van der Waals surface area contributed by atoms with Crippen LogP contribution in [0.25, 0.3) is 0 Å². The summed E-state index contributed by atoms with van der Waals surface area (Å²) in [5.41, 5.74) is -1.41. The Bertz CT molecular complexity index is 504. The molecule has 0 unspecified atom stereocenters. The van der Waals surface area contributed by atoms with Gasteiger partial charge in [0.05, 0.1) is 12.7 Å². The molecule has 0 saturated heterocycles. The number of carboxylic acids is 1. The average Bonchev–Trinajstić information content (AvgIpc) is 2.36. The van der Waals surface area contributed by atoms with Gasteiger partial charge in [0.15, 0.2) is 0 Å². The number of hydrogen-bond donors (Lipinski definition) is 1. The third-order valence-electron chi connectivity index (χ3n) is 2.64. The first-order valence-corrected chi connectivity index (χ1v) is 6.27. The van der Waals surface area contributed by atoms with Crippen molar-refractivity contribution in [1.82, 2.24) is 4.98 Å². The second-order valence-electron chi connectivity index (χ2n) is 4.71. The second-order valence-corrected chi connectivity index (χ2v) is 4.71. The predicted molar refractivity (Wildman–Crippen MR) is 70.6 cm³/mol. The van der Waals surface area contributed by atoms with Gasteiger partial charge in [-0.05, 0) is 26.0 Å². The number of halogens is 3. The molecule has 0 saturated carbocycles. The summed E-state index contributed by atoms with van der Waals surface area (Å²) in [6.45, 7) is 4.13. The van der Waals surface area contributed by atoms with E-state index >= 15 is 0 Å². The molecule has 0 amide bonds. The van der Waals surface area contributed by atoms with Gasteiger partial charge in [0.1, 0.15) is 17.1 Å². The van der Waals surface area contributed by atoms with Crippen molar-refractivity contribution in [3.63, 3.8) is 0 Å². The smallest absolute Gasteiger partial charge is 0.433 e. The maximum absolute atomic E-state index is 12.7. The standard InChI is InChI=1S/C13H17F3N2O3/c1-8(2)21-7-6-18(3)11-9(12(19)20)4-5-10(17-11)13(14,15)16/h4-5,8H,6-7H2,1-3H3,(H,19,20). The van der Waals surface area contributed by atoms with Gasteiger partial charge in [0, 0.05) is 13.6 Å². The van der Waals surface area contributed by atoms with Crippen molar-refractivity contribution < 1.29 is 27.8 Å². The molecule has 0 aliphatic rings. The summed E-state index contributed by atoms with van der Waals surface area (Å²) >= 11 is 0. The van der Waals surface area contributed by atoms with Crippen molar-refractivity contribution >= 4 is 11.8 Å². The predicted octanol–water partition coefficient (Wildman–Crippen LogP) is 2.66. The van der Waals surface area contributed by atoms with Crippen LogP contribution in [0.2, 0.25) is 0 Å². The first-order valence-electron chi connectivity index (χ1n) is 6.27. The zero-order chi connectivity index (χ0) is 16.2. The molecule has 0 atom stereocenters. The molecule has 1 rings (SSSR count). The Morgan fingerprint density at radius 3 is 2.52 bits per heavy atom. The number of pyridine rings is 1. The number of aromatic carboxylic acids is 1. The number of alkyl halides is 3. The van der Waals surface area contributed by atoms with Crippen LogP contribution in [0.15, 0.2) is 12.1 Å². The maximum Gasteiger partial charge on any atom is 0.433 e. The van der Waals surface area contributed by atoms with Crippen molar-refractivity contribution in [2.75, 3.05) is 25.1 Å². The van der Waals surface area contributed by atoms with Crippen LogP contribution in [-0.2, 0) is 10.9 Å². The minimum absolute atomic E-state index is 0.0215. The van der Waals surface area contributed by atoms with Gasteiger partial charge in [-0.15, -0.1) is 0 Å². The van der Waals surface area contributed by atoms with E-state index in [0.717, 1.165) is 6.07 Å². The Kier molecular flexibility index (Phi) is 5.54. The van der Waals surface area contributed by atoms with Crippen LogP contribution in [-0.4, -0.2) is 42.4 Å². The normalized spacial score (nSPS) is 11.8. The van der Waals surface area contributed by atoms with Gasteiger partial charge in [-0.25, -0.2) is 9.78 Å². The molecule has 8 heteroatoms. The van der Waals surface area contributed by atoms with E-state index < -0.39 is 17.8 Å². The molecule has 0 radical (unpaired) electrons. The van der Waals surface area contributed by atoms with Crippen LogP contribution in [0, 0.1) is 0 Å². The van der Waals surface area contributed by atoms with Gasteiger partial charge in [-0.3, -0.25) is 0 Å². The lowest BCUT2D eigenvalue weighted by atomic mass is 10.2. The first kappa shape index (κ1) is 17.2. The van der Waals surface area contributed by atoms with Gasteiger partial charge < -0.3 is 14.7 Å². The van der Waals surface area contributed by atoms with Gasteiger partial charge in [0.2, 0.25) is 0 Å². The van der Waals surface area contributed by atoms with Crippen molar-refractivity contribution in [2.45, 2.75) is 26.1 Å². The summed E-state index contributed by atoms with van der Waals surface area (Å²) in [6, 6.07) is 1.57. The number of carboxylic acid groups (broad SMARTS) is 1. The number of anilines is 1. The maximum atomic E-state index is 12.7. The van der Waals surface area contributed by atoms with E-state index in [-0.39, 0.29) is 30.6 Å². The Balaban J connectivity index is 3.03. The SMILES string of the molecule is CC(C)OCCN(C)c1nc(C(F)(F)F)ccc1C(=O)O. The Labute approximate surface area is 120 Å². The molecule has 1 aromatic rings. The monoisotopic (exact) mass is 306 g/mol. The zero-order valence-corrected chi connectivity index (χ0v) is 11.9. The zero-order valence-electron chi connectivity index (χ0n) is 11.9. The number of rotatable bonds is 6. The summed E-state index contributed by atoms with van der Waals surface area (Å²) in [4.78, 5) is 15.9. The molecule has 0 spiro atoms. The highest BCUT2D eigenvalue weighted by molar-refractivity contribution is 5.93. The molecule has 0 fully saturated rings. The summed E-state index contributed by atoms with van der Waals surface area (Å²) in [6.07, 6.45) is -4.65. The molecule has 118 valence electrons. The van der Waals surface area contributed by atoms with Crippen molar-refractivity contribution in [2.24, 2.45) is 0 Å². The van der Waals surface area contributed by atoms with E-state index in [0.29, 0.717) is 6.07 Å². The van der Waals surface area contributed by atoms with Crippen LogP contribution >= 0.6 is 0 Å². The van der Waals surface area contributed by atoms with Crippen molar-refractivity contribution in [1.29, 1.82) is 0 Å². The van der Waals surface area contributed by atoms with Crippen molar-refractivity contribution in [3.8, 4) is 0 Å². The summed E-state index contributed by atoms with van der Waals surface area (Å²) in [5.74, 6) is -1.56. The van der Waals surface area contributed by atoms with Gasteiger partial charge in [0.25, 0.3) is 0 Å². The Hall–Kier alpha value is -1.83. The number of ether oxygens (including phenoxy) is 1. The lowest BCUT2D eigenvalue weighted by Crippen LogP contribution is -2.27. The van der Waals surface area contributed by atoms with Crippen LogP contribution in [0.4, 0.5) is 19.0 Å². The third kappa shape index (κ3) is 4.89. The van der Waals surface area contributed by atoms with Gasteiger partial charge in [-0.1, -0.05) is 0 Å². The van der Waals surface area contributed by atoms with E-state index in [1.54, 1.807) is 0 Å². The molecule has 0 aliphatic heterocycles. The van der Waals surface area contributed by atoms with Gasteiger partial charge >= 0.3 is 12.1 Å². The molecule has 0 aliphatic carbocycles.